The minimum atomic E-state index is 0.905. The molecule has 0 unspecified atom stereocenters. The predicted octanol–water partition coefficient (Wildman–Crippen LogP) is 2.64. The first-order valence-electron chi connectivity index (χ1n) is 4.07. The van der Waals surface area contributed by atoms with E-state index in [9.17, 15) is 0 Å². The zero-order valence-electron chi connectivity index (χ0n) is 6.75. The van der Waals surface area contributed by atoms with Gasteiger partial charge in [-0.1, -0.05) is 18.2 Å². The maximum atomic E-state index is 4.22. The highest BCUT2D eigenvalue weighted by Crippen LogP contribution is 2.17. The Morgan fingerprint density at radius 3 is 2.92 bits per heavy atom. The molecule has 1 nitrogen and oxygen atoms in total. The van der Waals surface area contributed by atoms with Crippen LogP contribution in [0.3, 0.4) is 0 Å². The summed E-state index contributed by atoms with van der Waals surface area (Å²) in [5.41, 5.74) is 2.58. The lowest BCUT2D eigenvalue weighted by atomic mass is 10.1. The fourth-order valence-electron chi connectivity index (χ4n) is 1.46. The van der Waals surface area contributed by atoms with Crippen molar-refractivity contribution < 1.29 is 0 Å². The Bertz CT molecular complexity index is 378. The Kier molecular flexibility index (Phi) is 2.09. The van der Waals surface area contributed by atoms with Gasteiger partial charge in [-0.05, 0) is 23.8 Å². The highest BCUT2D eigenvalue weighted by Gasteiger charge is 1.99. The molecule has 1 aromatic heterocycles. The normalized spacial score (nSPS) is 10.8. The number of aromatic nitrogens is 1. The average Bonchev–Trinajstić information content (AvgIpc) is 2.50. The summed E-state index contributed by atoms with van der Waals surface area (Å²) in [4.78, 5) is 3.24. The lowest BCUT2D eigenvalue weighted by Crippen LogP contribution is -1.81. The molecule has 1 heterocycles. The molecule has 0 fully saturated rings. The summed E-state index contributed by atoms with van der Waals surface area (Å²) in [6.45, 7) is 0. The number of aromatic amines is 1. The summed E-state index contributed by atoms with van der Waals surface area (Å²) in [5, 5.41) is 1.33. The number of thiol groups is 1. The fraction of sp³-hybridized carbons (Fsp3) is 0.200. The van der Waals surface area contributed by atoms with E-state index in [-0.39, 0.29) is 0 Å². The number of rotatable bonds is 2. The molecule has 0 radical (unpaired) electrons. The lowest BCUT2D eigenvalue weighted by Gasteiger charge is -1.93. The minimum Gasteiger partial charge on any atom is -0.361 e. The predicted molar refractivity (Wildman–Crippen MR) is 55.9 cm³/mol. The minimum absolute atomic E-state index is 0.905. The number of hydrogen-bond donors (Lipinski definition) is 2. The summed E-state index contributed by atoms with van der Waals surface area (Å²) in [6.07, 6.45) is 3.11. The first-order chi connectivity index (χ1) is 5.92. The van der Waals surface area contributed by atoms with Gasteiger partial charge >= 0.3 is 0 Å². The molecule has 0 bridgehead atoms. The van der Waals surface area contributed by atoms with E-state index >= 15 is 0 Å². The third-order valence-corrected chi connectivity index (χ3v) is 2.28. The van der Waals surface area contributed by atoms with Crippen LogP contribution in [-0.4, -0.2) is 10.7 Å². The van der Waals surface area contributed by atoms with Gasteiger partial charge in [-0.3, -0.25) is 0 Å². The van der Waals surface area contributed by atoms with Crippen molar-refractivity contribution in [3.63, 3.8) is 0 Å². The van der Waals surface area contributed by atoms with Gasteiger partial charge in [0.1, 0.15) is 0 Å². The van der Waals surface area contributed by atoms with Gasteiger partial charge in [0.2, 0.25) is 0 Å². The van der Waals surface area contributed by atoms with E-state index in [1.165, 1.54) is 16.5 Å². The van der Waals surface area contributed by atoms with Crippen LogP contribution in [-0.2, 0) is 6.42 Å². The van der Waals surface area contributed by atoms with Crippen LogP contribution in [0.2, 0.25) is 0 Å². The molecule has 1 N–H and O–H groups in total. The molecule has 0 saturated heterocycles. The number of nitrogens with one attached hydrogen (secondary N) is 1. The van der Waals surface area contributed by atoms with E-state index in [2.05, 4.69) is 42.0 Å². The molecule has 0 aliphatic heterocycles. The van der Waals surface area contributed by atoms with Gasteiger partial charge in [0, 0.05) is 17.1 Å². The van der Waals surface area contributed by atoms with Crippen molar-refractivity contribution >= 4 is 23.5 Å². The molecular weight excluding hydrogens is 166 g/mol. The van der Waals surface area contributed by atoms with Crippen LogP contribution in [0.5, 0.6) is 0 Å². The maximum absolute atomic E-state index is 4.22. The fourth-order valence-corrected chi connectivity index (χ4v) is 1.70. The molecular formula is C10H11NS. The van der Waals surface area contributed by atoms with Crippen LogP contribution in [0, 0.1) is 0 Å². The Balaban J connectivity index is 2.55. The SMILES string of the molecule is SCCc1c[nH]c2ccccc12. The van der Waals surface area contributed by atoms with Crippen molar-refractivity contribution in [2.24, 2.45) is 0 Å². The van der Waals surface area contributed by atoms with Gasteiger partial charge in [0.25, 0.3) is 0 Å². The molecule has 0 atom stereocenters. The summed E-state index contributed by atoms with van der Waals surface area (Å²) in [7, 11) is 0. The van der Waals surface area contributed by atoms with E-state index < -0.39 is 0 Å². The van der Waals surface area contributed by atoms with Gasteiger partial charge in [-0.15, -0.1) is 0 Å². The second kappa shape index (κ2) is 3.23. The molecule has 0 amide bonds. The highest BCUT2D eigenvalue weighted by atomic mass is 32.1. The van der Waals surface area contributed by atoms with Crippen molar-refractivity contribution in [1.82, 2.24) is 4.98 Å². The zero-order valence-corrected chi connectivity index (χ0v) is 7.64. The standard InChI is InChI=1S/C10H11NS/c12-6-5-8-7-11-10-4-2-1-3-9(8)10/h1-4,7,11-12H,5-6H2. The van der Waals surface area contributed by atoms with Gasteiger partial charge in [0.05, 0.1) is 0 Å². The first-order valence-corrected chi connectivity index (χ1v) is 4.71. The van der Waals surface area contributed by atoms with Crippen LogP contribution in [0.25, 0.3) is 10.9 Å². The summed E-state index contributed by atoms with van der Waals surface area (Å²) >= 11 is 4.22. The number of fused-ring (bicyclic) bond motifs is 1. The van der Waals surface area contributed by atoms with E-state index in [0.717, 1.165) is 12.2 Å². The third-order valence-electron chi connectivity index (χ3n) is 2.06. The van der Waals surface area contributed by atoms with E-state index in [1.807, 2.05) is 6.07 Å². The van der Waals surface area contributed by atoms with E-state index in [0.29, 0.717) is 0 Å². The molecule has 12 heavy (non-hydrogen) atoms. The van der Waals surface area contributed by atoms with Gasteiger partial charge < -0.3 is 4.98 Å². The number of hydrogen-bond acceptors (Lipinski definition) is 1. The van der Waals surface area contributed by atoms with Crippen molar-refractivity contribution in [1.29, 1.82) is 0 Å². The highest BCUT2D eigenvalue weighted by molar-refractivity contribution is 7.80. The molecule has 0 aliphatic carbocycles. The summed E-state index contributed by atoms with van der Waals surface area (Å²) in [5.74, 6) is 0.905. The Morgan fingerprint density at radius 2 is 2.08 bits per heavy atom. The molecule has 1 aromatic carbocycles. The van der Waals surface area contributed by atoms with Crippen LogP contribution >= 0.6 is 12.6 Å². The average molecular weight is 177 g/mol. The third kappa shape index (κ3) is 1.23. The Hall–Kier alpha value is -0.890. The second-order valence-electron chi connectivity index (χ2n) is 2.83. The number of H-pyrrole nitrogens is 1. The maximum Gasteiger partial charge on any atom is 0.0456 e. The molecule has 2 aromatic rings. The molecule has 0 saturated carbocycles. The largest absolute Gasteiger partial charge is 0.361 e. The van der Waals surface area contributed by atoms with Crippen molar-refractivity contribution in [3.8, 4) is 0 Å². The van der Waals surface area contributed by atoms with Crippen molar-refractivity contribution in [3.05, 3.63) is 36.0 Å². The van der Waals surface area contributed by atoms with Gasteiger partial charge in [-0.2, -0.15) is 12.6 Å². The van der Waals surface area contributed by atoms with Crippen molar-refractivity contribution in [2.75, 3.05) is 5.75 Å². The number of benzene rings is 1. The van der Waals surface area contributed by atoms with Gasteiger partial charge in [-0.25, -0.2) is 0 Å². The first kappa shape index (κ1) is 7.74. The van der Waals surface area contributed by atoms with Crippen LogP contribution in [0.4, 0.5) is 0 Å². The topological polar surface area (TPSA) is 15.8 Å². The van der Waals surface area contributed by atoms with E-state index in [4.69, 9.17) is 0 Å². The number of aryl methyl sites for hydroxylation is 1. The smallest absolute Gasteiger partial charge is 0.0456 e. The van der Waals surface area contributed by atoms with Crippen LogP contribution in [0.15, 0.2) is 30.5 Å². The van der Waals surface area contributed by atoms with E-state index in [1.54, 1.807) is 0 Å². The summed E-state index contributed by atoms with van der Waals surface area (Å²) in [6, 6.07) is 8.35. The van der Waals surface area contributed by atoms with Crippen LogP contribution < -0.4 is 0 Å². The molecule has 0 aliphatic rings. The second-order valence-corrected chi connectivity index (χ2v) is 3.28. The Labute approximate surface area is 77.2 Å². The monoisotopic (exact) mass is 177 g/mol. The molecule has 2 heteroatoms. The lowest BCUT2D eigenvalue weighted by molar-refractivity contribution is 1.18. The quantitative estimate of drug-likeness (QED) is 0.656. The molecule has 2 rings (SSSR count). The zero-order chi connectivity index (χ0) is 8.39. The van der Waals surface area contributed by atoms with Gasteiger partial charge in [0.15, 0.2) is 0 Å². The Morgan fingerprint density at radius 1 is 1.25 bits per heavy atom. The molecule has 62 valence electrons. The summed E-state index contributed by atoms with van der Waals surface area (Å²) < 4.78 is 0. The molecule has 0 spiro atoms. The number of para-hydroxylation sites is 1. The van der Waals surface area contributed by atoms with Crippen LogP contribution in [0.1, 0.15) is 5.56 Å². The van der Waals surface area contributed by atoms with Crippen molar-refractivity contribution in [2.45, 2.75) is 6.42 Å².